The number of hydrogen-bond donors (Lipinski definition) is 1. The van der Waals surface area contributed by atoms with Crippen molar-refractivity contribution in [1.82, 2.24) is 5.32 Å². The predicted molar refractivity (Wildman–Crippen MR) is 79.1 cm³/mol. The number of amides is 1. The van der Waals surface area contributed by atoms with E-state index in [-0.39, 0.29) is 12.5 Å². The highest BCUT2D eigenvalue weighted by atomic mass is 35.5. The summed E-state index contributed by atoms with van der Waals surface area (Å²) < 4.78 is 5.22. The van der Waals surface area contributed by atoms with Gasteiger partial charge in [-0.25, -0.2) is 4.79 Å². The molecule has 0 saturated carbocycles. The number of rotatable bonds is 3. The molecular weight excluding hydrogens is 278 g/mol. The van der Waals surface area contributed by atoms with E-state index >= 15 is 0 Å². The molecule has 0 aliphatic carbocycles. The highest BCUT2D eigenvalue weighted by Gasteiger charge is 2.12. The predicted octanol–water partition coefficient (Wildman–Crippen LogP) is 2.65. The van der Waals surface area contributed by atoms with Crippen LogP contribution in [0.4, 0.5) is 0 Å². The number of benzene rings is 1. The molecule has 0 aliphatic heterocycles. The maximum atomic E-state index is 11.6. The van der Waals surface area contributed by atoms with E-state index in [1.165, 1.54) is 6.07 Å². The number of halogens is 1. The molecule has 2 aromatic rings. The second-order valence-corrected chi connectivity index (χ2v) is 5.53. The van der Waals surface area contributed by atoms with Crippen LogP contribution in [0, 0.1) is 13.8 Å². The minimum absolute atomic E-state index is 0.252. The molecule has 5 heteroatoms. The van der Waals surface area contributed by atoms with E-state index in [1.54, 1.807) is 6.92 Å². The molecule has 0 saturated heterocycles. The first kappa shape index (κ1) is 14.6. The Balaban J connectivity index is 2.47. The molecule has 0 radical (unpaired) electrons. The number of hydrogen-bond acceptors (Lipinski definition) is 3. The lowest BCUT2D eigenvalue weighted by molar-refractivity contribution is -0.120. The van der Waals surface area contributed by atoms with E-state index in [0.29, 0.717) is 5.58 Å². The van der Waals surface area contributed by atoms with E-state index in [2.05, 4.69) is 5.32 Å². The molecule has 1 atom stereocenters. The van der Waals surface area contributed by atoms with E-state index in [4.69, 9.17) is 16.0 Å². The zero-order valence-electron chi connectivity index (χ0n) is 11.6. The zero-order valence-corrected chi connectivity index (χ0v) is 12.4. The maximum Gasteiger partial charge on any atom is 0.336 e. The first-order chi connectivity index (χ1) is 9.38. The Bertz CT molecular complexity index is 719. The van der Waals surface area contributed by atoms with Crippen LogP contribution < -0.4 is 10.9 Å². The van der Waals surface area contributed by atoms with Crippen molar-refractivity contribution in [2.24, 2.45) is 0 Å². The van der Waals surface area contributed by atoms with Gasteiger partial charge in [0.25, 0.3) is 0 Å². The Labute approximate surface area is 121 Å². The molecule has 1 aromatic heterocycles. The van der Waals surface area contributed by atoms with Crippen molar-refractivity contribution in [3.63, 3.8) is 0 Å². The van der Waals surface area contributed by atoms with E-state index < -0.39 is 11.0 Å². The number of nitrogens with one attached hydrogen (secondary N) is 1. The first-order valence-electron chi connectivity index (χ1n) is 6.34. The lowest BCUT2D eigenvalue weighted by Gasteiger charge is -2.11. The molecule has 1 amide bonds. The van der Waals surface area contributed by atoms with Gasteiger partial charge in [-0.05, 0) is 43.5 Å². The second-order valence-electron chi connectivity index (χ2n) is 4.88. The largest absolute Gasteiger partial charge is 0.423 e. The molecule has 0 aliphatic rings. The summed E-state index contributed by atoms with van der Waals surface area (Å²) in [5, 5.41) is 2.96. The fourth-order valence-corrected chi connectivity index (χ4v) is 2.31. The van der Waals surface area contributed by atoms with Crippen molar-refractivity contribution in [3.05, 3.63) is 45.3 Å². The molecule has 0 bridgehead atoms. The summed E-state index contributed by atoms with van der Waals surface area (Å²) in [4.78, 5) is 23.1. The Morgan fingerprint density at radius 2 is 2.05 bits per heavy atom. The Morgan fingerprint density at radius 3 is 2.70 bits per heavy atom. The highest BCUT2D eigenvalue weighted by molar-refractivity contribution is 6.30. The fraction of sp³-hybridized carbons (Fsp3) is 0.333. The second kappa shape index (κ2) is 5.67. The van der Waals surface area contributed by atoms with Gasteiger partial charge in [0, 0.05) is 18.0 Å². The normalized spacial score (nSPS) is 12.4. The van der Waals surface area contributed by atoms with Crippen molar-refractivity contribution < 1.29 is 9.21 Å². The maximum absolute atomic E-state index is 11.6. The molecule has 0 spiro atoms. The van der Waals surface area contributed by atoms with Crippen LogP contribution in [0.25, 0.3) is 11.0 Å². The Kier molecular flexibility index (Phi) is 4.14. The van der Waals surface area contributed by atoms with Crippen LogP contribution in [0.15, 0.2) is 27.4 Å². The summed E-state index contributed by atoms with van der Waals surface area (Å²) in [7, 11) is 0. The van der Waals surface area contributed by atoms with Crippen molar-refractivity contribution in [3.8, 4) is 0 Å². The number of carbonyl (C=O) groups is 1. The van der Waals surface area contributed by atoms with Gasteiger partial charge in [0.05, 0.1) is 0 Å². The fourth-order valence-electron chi connectivity index (χ4n) is 2.24. The van der Waals surface area contributed by atoms with Crippen LogP contribution in [0.2, 0.25) is 0 Å². The summed E-state index contributed by atoms with van der Waals surface area (Å²) in [6.07, 6.45) is 0. The summed E-state index contributed by atoms with van der Waals surface area (Å²) in [5.41, 5.74) is 2.88. The van der Waals surface area contributed by atoms with Gasteiger partial charge < -0.3 is 9.73 Å². The van der Waals surface area contributed by atoms with Gasteiger partial charge in [-0.3, -0.25) is 4.79 Å². The molecule has 1 aromatic carbocycles. The topological polar surface area (TPSA) is 59.3 Å². The zero-order chi connectivity index (χ0) is 14.9. The summed E-state index contributed by atoms with van der Waals surface area (Å²) in [6.45, 7) is 5.74. The average molecular weight is 294 g/mol. The third-order valence-electron chi connectivity index (χ3n) is 3.08. The van der Waals surface area contributed by atoms with Gasteiger partial charge in [0.1, 0.15) is 11.0 Å². The van der Waals surface area contributed by atoms with Gasteiger partial charge in [-0.2, -0.15) is 0 Å². The summed E-state index contributed by atoms with van der Waals surface area (Å²) >= 11 is 5.70. The van der Waals surface area contributed by atoms with Crippen LogP contribution in [0.3, 0.4) is 0 Å². The monoisotopic (exact) mass is 293 g/mol. The minimum Gasteiger partial charge on any atom is -0.423 e. The molecule has 1 heterocycles. The third-order valence-corrected chi connectivity index (χ3v) is 3.28. The van der Waals surface area contributed by atoms with Crippen LogP contribution in [-0.2, 0) is 11.3 Å². The molecule has 20 heavy (non-hydrogen) atoms. The van der Waals surface area contributed by atoms with Crippen LogP contribution >= 0.6 is 11.6 Å². The summed E-state index contributed by atoms with van der Waals surface area (Å²) in [5.74, 6) is -0.266. The molecule has 4 nitrogen and oxygen atoms in total. The quantitative estimate of drug-likeness (QED) is 0.699. The smallest absolute Gasteiger partial charge is 0.336 e. The van der Waals surface area contributed by atoms with Crippen molar-refractivity contribution in [1.29, 1.82) is 0 Å². The number of fused-ring (bicyclic) bond motifs is 1. The molecule has 106 valence electrons. The average Bonchev–Trinajstić information content (AvgIpc) is 2.33. The third kappa shape index (κ3) is 3.02. The van der Waals surface area contributed by atoms with Crippen molar-refractivity contribution in [2.45, 2.75) is 32.7 Å². The van der Waals surface area contributed by atoms with E-state index in [9.17, 15) is 9.59 Å². The van der Waals surface area contributed by atoms with E-state index in [1.807, 2.05) is 26.0 Å². The molecule has 2 rings (SSSR count). The summed E-state index contributed by atoms with van der Waals surface area (Å²) in [6, 6.07) is 5.24. The van der Waals surface area contributed by atoms with Crippen LogP contribution in [-0.4, -0.2) is 11.3 Å². The Morgan fingerprint density at radius 1 is 1.35 bits per heavy atom. The molecule has 1 N–H and O–H groups in total. The molecular formula is C15H16ClNO3. The van der Waals surface area contributed by atoms with Gasteiger partial charge >= 0.3 is 5.63 Å². The SMILES string of the molecule is Cc1cc(C)c2c(CNC(=O)C(C)Cl)cc(=O)oc2c1. The number of carbonyl (C=O) groups excluding carboxylic acids is 1. The molecule has 0 fully saturated rings. The lowest BCUT2D eigenvalue weighted by atomic mass is 10.0. The van der Waals surface area contributed by atoms with Gasteiger partial charge in [0.2, 0.25) is 5.91 Å². The minimum atomic E-state index is -0.607. The lowest BCUT2D eigenvalue weighted by Crippen LogP contribution is -2.29. The van der Waals surface area contributed by atoms with Crippen molar-refractivity contribution >= 4 is 28.5 Å². The van der Waals surface area contributed by atoms with E-state index in [0.717, 1.165) is 22.1 Å². The number of alkyl halides is 1. The van der Waals surface area contributed by atoms with Crippen LogP contribution in [0.1, 0.15) is 23.6 Å². The van der Waals surface area contributed by atoms with Gasteiger partial charge in [-0.1, -0.05) is 6.07 Å². The van der Waals surface area contributed by atoms with Crippen LogP contribution in [0.5, 0.6) is 0 Å². The standard InChI is InChI=1S/C15H16ClNO3/c1-8-4-9(2)14-11(7-17-15(19)10(3)16)6-13(18)20-12(14)5-8/h4-6,10H,7H2,1-3H3,(H,17,19). The Hall–Kier alpha value is -1.81. The molecule has 1 unspecified atom stereocenters. The van der Waals surface area contributed by atoms with Gasteiger partial charge in [0.15, 0.2) is 0 Å². The highest BCUT2D eigenvalue weighted by Crippen LogP contribution is 2.23. The van der Waals surface area contributed by atoms with Crippen molar-refractivity contribution in [2.75, 3.05) is 0 Å². The first-order valence-corrected chi connectivity index (χ1v) is 6.78. The van der Waals surface area contributed by atoms with Gasteiger partial charge in [-0.15, -0.1) is 11.6 Å². The number of aryl methyl sites for hydroxylation is 2.